The summed E-state index contributed by atoms with van der Waals surface area (Å²) >= 11 is 3.17. The van der Waals surface area contributed by atoms with E-state index in [0.717, 1.165) is 0 Å². The SMILES string of the molecule is C=CC(=O)N1CC[C@H](Oc2ccc3ncnc(Nc4cccc(Br)c4F)c3n2)C1. The number of hydrogen-bond acceptors (Lipinski definition) is 6. The van der Waals surface area contributed by atoms with Gasteiger partial charge in [-0.25, -0.2) is 19.3 Å². The number of benzene rings is 1. The summed E-state index contributed by atoms with van der Waals surface area (Å²) in [6.07, 6.45) is 3.23. The molecule has 0 radical (unpaired) electrons. The lowest BCUT2D eigenvalue weighted by Crippen LogP contribution is -2.29. The number of carbonyl (C=O) groups excluding carboxylic acids is 1. The molecule has 4 rings (SSSR count). The van der Waals surface area contributed by atoms with E-state index in [1.165, 1.54) is 12.4 Å². The number of rotatable bonds is 5. The molecule has 0 aliphatic carbocycles. The molecule has 3 aromatic rings. The molecule has 0 saturated carbocycles. The molecule has 1 saturated heterocycles. The molecule has 1 N–H and O–H groups in total. The minimum Gasteiger partial charge on any atom is -0.472 e. The van der Waals surface area contributed by atoms with Crippen LogP contribution in [0.3, 0.4) is 0 Å². The first-order chi connectivity index (χ1) is 14.0. The van der Waals surface area contributed by atoms with Crippen LogP contribution in [0.4, 0.5) is 15.9 Å². The highest BCUT2D eigenvalue weighted by atomic mass is 79.9. The van der Waals surface area contributed by atoms with Gasteiger partial charge in [0.05, 0.1) is 22.2 Å². The van der Waals surface area contributed by atoms with Gasteiger partial charge in [-0.1, -0.05) is 12.6 Å². The van der Waals surface area contributed by atoms with Gasteiger partial charge in [-0.05, 0) is 40.2 Å². The zero-order chi connectivity index (χ0) is 20.4. The Balaban J connectivity index is 1.59. The second-order valence-electron chi connectivity index (χ2n) is 6.48. The molecular weight excluding hydrogens is 441 g/mol. The lowest BCUT2D eigenvalue weighted by molar-refractivity contribution is -0.125. The van der Waals surface area contributed by atoms with E-state index >= 15 is 0 Å². The van der Waals surface area contributed by atoms with Gasteiger partial charge >= 0.3 is 0 Å². The number of carbonyl (C=O) groups is 1. The highest BCUT2D eigenvalue weighted by Gasteiger charge is 2.26. The van der Waals surface area contributed by atoms with E-state index in [9.17, 15) is 9.18 Å². The van der Waals surface area contributed by atoms with Crippen LogP contribution >= 0.6 is 15.9 Å². The third-order valence-corrected chi connectivity index (χ3v) is 5.19. The molecule has 1 amide bonds. The van der Waals surface area contributed by atoms with Crippen LogP contribution in [-0.2, 0) is 4.79 Å². The molecule has 1 aliphatic heterocycles. The Morgan fingerprint density at radius 2 is 2.21 bits per heavy atom. The summed E-state index contributed by atoms with van der Waals surface area (Å²) in [4.78, 5) is 26.3. The number of hydrogen-bond donors (Lipinski definition) is 1. The van der Waals surface area contributed by atoms with Gasteiger partial charge in [0.1, 0.15) is 17.9 Å². The number of likely N-dealkylation sites (tertiary alicyclic amines) is 1. The monoisotopic (exact) mass is 457 g/mol. The van der Waals surface area contributed by atoms with Crippen molar-refractivity contribution in [3.05, 3.63) is 59.6 Å². The van der Waals surface area contributed by atoms with Gasteiger partial charge in [-0.15, -0.1) is 0 Å². The quantitative estimate of drug-likeness (QED) is 0.586. The fourth-order valence-corrected chi connectivity index (χ4v) is 3.50. The number of ether oxygens (including phenoxy) is 1. The van der Waals surface area contributed by atoms with Gasteiger partial charge in [0.2, 0.25) is 11.8 Å². The standard InChI is InChI=1S/C20H17BrFN5O2/c1-2-17(28)27-9-8-12(10-27)29-16-7-6-15-19(26-16)20(24-11-23-15)25-14-5-3-4-13(21)18(14)22/h2-7,11-12H,1,8-10H2,(H,23,24,25)/t12-/m0/s1. The van der Waals surface area contributed by atoms with Gasteiger partial charge in [-0.3, -0.25) is 4.79 Å². The van der Waals surface area contributed by atoms with Crippen molar-refractivity contribution in [3.63, 3.8) is 0 Å². The smallest absolute Gasteiger partial charge is 0.246 e. The van der Waals surface area contributed by atoms with E-state index in [1.807, 2.05) is 0 Å². The second kappa shape index (κ2) is 8.12. The number of anilines is 2. The summed E-state index contributed by atoms with van der Waals surface area (Å²) in [6, 6.07) is 8.43. The largest absolute Gasteiger partial charge is 0.472 e. The van der Waals surface area contributed by atoms with Crippen LogP contribution in [0.5, 0.6) is 5.88 Å². The molecule has 2 aromatic heterocycles. The van der Waals surface area contributed by atoms with E-state index in [0.29, 0.717) is 46.7 Å². The van der Waals surface area contributed by atoms with E-state index in [1.54, 1.807) is 35.2 Å². The molecule has 148 valence electrons. The first kappa shape index (κ1) is 19.3. The van der Waals surface area contributed by atoms with E-state index in [2.05, 4.69) is 42.8 Å². The fourth-order valence-electron chi connectivity index (χ4n) is 3.13. The Morgan fingerprint density at radius 1 is 1.34 bits per heavy atom. The number of aromatic nitrogens is 3. The zero-order valence-electron chi connectivity index (χ0n) is 15.3. The Morgan fingerprint density at radius 3 is 3.03 bits per heavy atom. The summed E-state index contributed by atoms with van der Waals surface area (Å²) in [6.45, 7) is 4.60. The first-order valence-electron chi connectivity index (χ1n) is 8.96. The highest BCUT2D eigenvalue weighted by Crippen LogP contribution is 2.28. The Kier molecular flexibility index (Phi) is 5.39. The molecule has 0 bridgehead atoms. The summed E-state index contributed by atoms with van der Waals surface area (Å²) in [5.41, 5.74) is 1.32. The Labute approximate surface area is 174 Å². The van der Waals surface area contributed by atoms with Gasteiger partial charge in [0.15, 0.2) is 11.6 Å². The third kappa shape index (κ3) is 4.04. The average Bonchev–Trinajstić information content (AvgIpc) is 3.19. The van der Waals surface area contributed by atoms with E-state index in [4.69, 9.17) is 4.74 Å². The number of amides is 1. The van der Waals surface area contributed by atoms with Crippen molar-refractivity contribution in [1.82, 2.24) is 19.9 Å². The average molecular weight is 458 g/mol. The number of nitrogens with one attached hydrogen (secondary N) is 1. The maximum Gasteiger partial charge on any atom is 0.246 e. The fraction of sp³-hybridized carbons (Fsp3) is 0.200. The van der Waals surface area contributed by atoms with Crippen LogP contribution in [-0.4, -0.2) is 45.0 Å². The third-order valence-electron chi connectivity index (χ3n) is 4.58. The van der Waals surface area contributed by atoms with Crippen molar-refractivity contribution in [3.8, 4) is 5.88 Å². The van der Waals surface area contributed by atoms with Crippen LogP contribution in [0.25, 0.3) is 11.0 Å². The molecular formula is C20H17BrFN5O2. The van der Waals surface area contributed by atoms with Crippen LogP contribution in [0.2, 0.25) is 0 Å². The summed E-state index contributed by atoms with van der Waals surface area (Å²) < 4.78 is 20.6. The van der Waals surface area contributed by atoms with Gasteiger partial charge in [0.25, 0.3) is 0 Å². The lowest BCUT2D eigenvalue weighted by atomic mass is 10.3. The number of halogens is 2. The number of nitrogens with zero attached hydrogens (tertiary/aromatic N) is 4. The minimum absolute atomic E-state index is 0.112. The molecule has 1 fully saturated rings. The van der Waals surface area contributed by atoms with Crippen LogP contribution in [0.15, 0.2) is 53.8 Å². The van der Waals surface area contributed by atoms with Crippen LogP contribution < -0.4 is 10.1 Å². The van der Waals surface area contributed by atoms with Crippen molar-refractivity contribution in [1.29, 1.82) is 0 Å². The summed E-state index contributed by atoms with van der Waals surface area (Å²) in [5.74, 6) is 0.221. The lowest BCUT2D eigenvalue weighted by Gasteiger charge is -2.15. The molecule has 0 spiro atoms. The van der Waals surface area contributed by atoms with Crippen LogP contribution in [0, 0.1) is 5.82 Å². The maximum atomic E-state index is 14.3. The van der Waals surface area contributed by atoms with Gasteiger partial charge in [0, 0.05) is 19.0 Å². The molecule has 29 heavy (non-hydrogen) atoms. The van der Waals surface area contributed by atoms with Gasteiger partial charge < -0.3 is 15.0 Å². The topological polar surface area (TPSA) is 80.2 Å². The molecule has 9 heteroatoms. The van der Waals surface area contributed by atoms with Gasteiger partial charge in [-0.2, -0.15) is 0 Å². The number of pyridine rings is 1. The summed E-state index contributed by atoms with van der Waals surface area (Å²) in [7, 11) is 0. The Hall–Kier alpha value is -3.07. The van der Waals surface area contributed by atoms with E-state index in [-0.39, 0.29) is 17.7 Å². The first-order valence-corrected chi connectivity index (χ1v) is 9.75. The molecule has 1 aromatic carbocycles. The second-order valence-corrected chi connectivity index (χ2v) is 7.34. The van der Waals surface area contributed by atoms with Crippen molar-refractivity contribution in [2.75, 3.05) is 18.4 Å². The summed E-state index contributed by atoms with van der Waals surface area (Å²) in [5, 5.41) is 2.97. The molecule has 1 atom stereocenters. The van der Waals surface area contributed by atoms with E-state index < -0.39 is 5.82 Å². The predicted octanol–water partition coefficient (Wildman–Crippen LogP) is 3.84. The van der Waals surface area contributed by atoms with Crippen LogP contribution in [0.1, 0.15) is 6.42 Å². The van der Waals surface area contributed by atoms with Crippen molar-refractivity contribution < 1.29 is 13.9 Å². The molecule has 1 aliphatic rings. The molecule has 3 heterocycles. The van der Waals surface area contributed by atoms with Crippen molar-refractivity contribution in [2.24, 2.45) is 0 Å². The zero-order valence-corrected chi connectivity index (χ0v) is 16.9. The number of fused-ring (bicyclic) bond motifs is 1. The van der Waals surface area contributed by atoms with Crippen molar-refractivity contribution in [2.45, 2.75) is 12.5 Å². The van der Waals surface area contributed by atoms with Crippen molar-refractivity contribution >= 4 is 44.4 Å². The Bertz CT molecular complexity index is 1090. The molecule has 0 unspecified atom stereocenters. The normalized spacial score (nSPS) is 16.1. The highest BCUT2D eigenvalue weighted by molar-refractivity contribution is 9.10. The predicted molar refractivity (Wildman–Crippen MR) is 111 cm³/mol. The maximum absolute atomic E-state index is 14.3. The minimum atomic E-state index is -0.426. The molecule has 7 nitrogen and oxygen atoms in total.